The van der Waals surface area contributed by atoms with Crippen molar-refractivity contribution in [2.24, 2.45) is 5.92 Å². The summed E-state index contributed by atoms with van der Waals surface area (Å²) in [6, 6.07) is 15.8. The molecule has 0 aromatic heterocycles. The lowest BCUT2D eigenvalue weighted by Gasteiger charge is -2.26. The van der Waals surface area contributed by atoms with Crippen LogP contribution in [0.25, 0.3) is 11.1 Å². The summed E-state index contributed by atoms with van der Waals surface area (Å²) in [4.78, 5) is 0. The van der Waals surface area contributed by atoms with Crippen LogP contribution in [0.15, 0.2) is 48.5 Å². The van der Waals surface area contributed by atoms with E-state index in [2.05, 4.69) is 13.0 Å². The molecule has 0 heterocycles. The summed E-state index contributed by atoms with van der Waals surface area (Å²) in [5.41, 5.74) is 2.96. The minimum Gasteiger partial charge on any atom is -0.207 e. The monoisotopic (exact) mass is 268 g/mol. The second-order valence-corrected chi connectivity index (χ2v) is 6.06. The Morgan fingerprint density at radius 2 is 1.55 bits per heavy atom. The zero-order valence-electron chi connectivity index (χ0n) is 12.0. The first kappa shape index (κ1) is 13.4. The SMILES string of the molecule is CC1CCC(c2ccc(-c3ccccc3)cc2F)CC1. The van der Waals surface area contributed by atoms with Gasteiger partial charge in [-0.15, -0.1) is 0 Å². The van der Waals surface area contributed by atoms with Gasteiger partial charge in [-0.1, -0.05) is 62.2 Å². The van der Waals surface area contributed by atoms with E-state index < -0.39 is 0 Å². The highest BCUT2D eigenvalue weighted by Crippen LogP contribution is 2.37. The molecular weight excluding hydrogens is 247 g/mol. The summed E-state index contributed by atoms with van der Waals surface area (Å²) in [5, 5.41) is 0. The zero-order valence-corrected chi connectivity index (χ0v) is 12.0. The number of halogens is 1. The molecular formula is C19H21F. The summed E-state index contributed by atoms with van der Waals surface area (Å²) in [6.45, 7) is 2.30. The lowest BCUT2D eigenvalue weighted by Crippen LogP contribution is -2.12. The summed E-state index contributed by atoms with van der Waals surface area (Å²) < 4.78 is 14.4. The van der Waals surface area contributed by atoms with Crippen molar-refractivity contribution < 1.29 is 4.39 Å². The highest BCUT2D eigenvalue weighted by atomic mass is 19.1. The highest BCUT2D eigenvalue weighted by molar-refractivity contribution is 5.63. The molecule has 2 aromatic carbocycles. The van der Waals surface area contributed by atoms with Gasteiger partial charge in [0.25, 0.3) is 0 Å². The molecule has 20 heavy (non-hydrogen) atoms. The molecule has 0 amide bonds. The van der Waals surface area contributed by atoms with E-state index in [-0.39, 0.29) is 5.82 Å². The molecule has 1 fully saturated rings. The molecule has 0 saturated heterocycles. The van der Waals surface area contributed by atoms with E-state index in [1.54, 1.807) is 6.07 Å². The number of hydrogen-bond donors (Lipinski definition) is 0. The van der Waals surface area contributed by atoms with Gasteiger partial charge in [-0.05, 0) is 47.4 Å². The van der Waals surface area contributed by atoms with Crippen molar-refractivity contribution in [3.63, 3.8) is 0 Å². The van der Waals surface area contributed by atoms with E-state index in [9.17, 15) is 4.39 Å². The molecule has 1 saturated carbocycles. The van der Waals surface area contributed by atoms with Gasteiger partial charge < -0.3 is 0 Å². The molecule has 0 spiro atoms. The molecule has 0 radical (unpaired) electrons. The van der Waals surface area contributed by atoms with Crippen LogP contribution >= 0.6 is 0 Å². The van der Waals surface area contributed by atoms with E-state index in [0.29, 0.717) is 5.92 Å². The Morgan fingerprint density at radius 1 is 0.850 bits per heavy atom. The third kappa shape index (κ3) is 2.77. The Hall–Kier alpha value is -1.63. The van der Waals surface area contributed by atoms with Gasteiger partial charge in [-0.3, -0.25) is 0 Å². The highest BCUT2D eigenvalue weighted by Gasteiger charge is 2.22. The molecule has 0 nitrogen and oxygen atoms in total. The van der Waals surface area contributed by atoms with Crippen LogP contribution in [0.3, 0.4) is 0 Å². The van der Waals surface area contributed by atoms with Gasteiger partial charge >= 0.3 is 0 Å². The Labute approximate surface area is 120 Å². The van der Waals surface area contributed by atoms with Crippen LogP contribution < -0.4 is 0 Å². The first-order valence-corrected chi connectivity index (χ1v) is 7.59. The molecule has 0 atom stereocenters. The first-order valence-electron chi connectivity index (χ1n) is 7.59. The van der Waals surface area contributed by atoms with Crippen molar-refractivity contribution in [1.29, 1.82) is 0 Å². The maximum Gasteiger partial charge on any atom is 0.127 e. The van der Waals surface area contributed by atoms with Crippen molar-refractivity contribution in [2.45, 2.75) is 38.5 Å². The Balaban J connectivity index is 1.85. The van der Waals surface area contributed by atoms with E-state index in [1.807, 2.05) is 36.4 Å². The van der Waals surface area contributed by atoms with Crippen LogP contribution in [0.2, 0.25) is 0 Å². The summed E-state index contributed by atoms with van der Waals surface area (Å²) in [6.07, 6.45) is 4.71. The molecule has 1 aliphatic carbocycles. The zero-order chi connectivity index (χ0) is 13.9. The topological polar surface area (TPSA) is 0 Å². The number of rotatable bonds is 2. The summed E-state index contributed by atoms with van der Waals surface area (Å²) >= 11 is 0. The molecule has 0 aliphatic heterocycles. The van der Waals surface area contributed by atoms with Gasteiger partial charge in [0.05, 0.1) is 0 Å². The Morgan fingerprint density at radius 3 is 2.20 bits per heavy atom. The average Bonchev–Trinajstić information content (AvgIpc) is 2.49. The van der Waals surface area contributed by atoms with Crippen LogP contribution in [0, 0.1) is 11.7 Å². The minimum atomic E-state index is -0.0362. The average molecular weight is 268 g/mol. The van der Waals surface area contributed by atoms with Crippen molar-refractivity contribution >= 4 is 0 Å². The number of hydrogen-bond acceptors (Lipinski definition) is 0. The maximum atomic E-state index is 14.4. The van der Waals surface area contributed by atoms with E-state index in [1.165, 1.54) is 12.8 Å². The van der Waals surface area contributed by atoms with Crippen LogP contribution in [-0.4, -0.2) is 0 Å². The van der Waals surface area contributed by atoms with E-state index in [4.69, 9.17) is 0 Å². The first-order chi connectivity index (χ1) is 9.74. The molecule has 104 valence electrons. The normalized spacial score (nSPS) is 22.7. The second kappa shape index (κ2) is 5.78. The Kier molecular flexibility index (Phi) is 3.86. The van der Waals surface area contributed by atoms with Crippen LogP contribution in [0.5, 0.6) is 0 Å². The van der Waals surface area contributed by atoms with Crippen molar-refractivity contribution in [1.82, 2.24) is 0 Å². The summed E-state index contributed by atoms with van der Waals surface area (Å²) in [7, 11) is 0. The van der Waals surface area contributed by atoms with Gasteiger partial charge in [0.2, 0.25) is 0 Å². The molecule has 0 bridgehead atoms. The molecule has 1 heteroatoms. The Bertz CT molecular complexity index is 566. The predicted octanol–water partition coefficient (Wildman–Crippen LogP) is 5.79. The van der Waals surface area contributed by atoms with Gasteiger partial charge in [0, 0.05) is 0 Å². The van der Waals surface area contributed by atoms with Gasteiger partial charge in [-0.2, -0.15) is 0 Å². The molecule has 2 aromatic rings. The molecule has 3 rings (SSSR count). The van der Waals surface area contributed by atoms with E-state index in [0.717, 1.165) is 35.4 Å². The smallest absolute Gasteiger partial charge is 0.127 e. The lowest BCUT2D eigenvalue weighted by atomic mass is 9.79. The number of benzene rings is 2. The summed E-state index contributed by atoms with van der Waals surface area (Å²) in [5.74, 6) is 1.18. The van der Waals surface area contributed by atoms with Crippen LogP contribution in [0.1, 0.15) is 44.1 Å². The molecule has 0 unspecified atom stereocenters. The quantitative estimate of drug-likeness (QED) is 0.647. The third-order valence-electron chi connectivity index (χ3n) is 4.56. The minimum absolute atomic E-state index is 0.0362. The van der Waals surface area contributed by atoms with Crippen molar-refractivity contribution in [2.75, 3.05) is 0 Å². The standard InChI is InChI=1S/C19H21F/c1-14-7-9-16(10-8-14)18-12-11-17(13-19(18)20)15-5-3-2-4-6-15/h2-6,11-14,16H,7-10H2,1H3. The van der Waals surface area contributed by atoms with Gasteiger partial charge in [-0.25, -0.2) is 4.39 Å². The van der Waals surface area contributed by atoms with E-state index >= 15 is 0 Å². The largest absolute Gasteiger partial charge is 0.207 e. The van der Waals surface area contributed by atoms with Gasteiger partial charge in [0.1, 0.15) is 5.82 Å². The second-order valence-electron chi connectivity index (χ2n) is 6.06. The van der Waals surface area contributed by atoms with Crippen molar-refractivity contribution in [3.05, 3.63) is 59.9 Å². The van der Waals surface area contributed by atoms with Crippen LogP contribution in [-0.2, 0) is 0 Å². The van der Waals surface area contributed by atoms with Crippen LogP contribution in [0.4, 0.5) is 4.39 Å². The fourth-order valence-corrected chi connectivity index (χ4v) is 3.24. The fraction of sp³-hybridized carbons (Fsp3) is 0.368. The van der Waals surface area contributed by atoms with Gasteiger partial charge in [0.15, 0.2) is 0 Å². The lowest BCUT2D eigenvalue weighted by molar-refractivity contribution is 0.342. The molecule has 0 N–H and O–H groups in total. The van der Waals surface area contributed by atoms with Crippen molar-refractivity contribution in [3.8, 4) is 11.1 Å². The maximum absolute atomic E-state index is 14.4. The third-order valence-corrected chi connectivity index (χ3v) is 4.56. The molecule has 1 aliphatic rings. The predicted molar refractivity (Wildman–Crippen MR) is 82.2 cm³/mol. The fourth-order valence-electron chi connectivity index (χ4n) is 3.24.